The minimum absolute atomic E-state index is 0.0431. The van der Waals surface area contributed by atoms with Crippen LogP contribution in [0.3, 0.4) is 0 Å². The highest BCUT2D eigenvalue weighted by Crippen LogP contribution is 2.40. The number of benzene rings is 1. The van der Waals surface area contributed by atoms with Gasteiger partial charge in [-0.2, -0.15) is 0 Å². The zero-order chi connectivity index (χ0) is 16.8. The van der Waals surface area contributed by atoms with E-state index < -0.39 is 0 Å². The van der Waals surface area contributed by atoms with E-state index in [2.05, 4.69) is 41.0 Å². The fourth-order valence-corrected chi connectivity index (χ4v) is 3.73. The Labute approximate surface area is 142 Å². The molecule has 1 amide bonds. The molecule has 2 aliphatic rings. The summed E-state index contributed by atoms with van der Waals surface area (Å²) in [6.07, 6.45) is 3.99. The molecule has 126 valence electrons. The predicted octanol–water partition coefficient (Wildman–Crippen LogP) is 2.82. The van der Waals surface area contributed by atoms with Crippen molar-refractivity contribution < 1.29 is 9.53 Å². The van der Waals surface area contributed by atoms with Gasteiger partial charge < -0.3 is 14.6 Å². The molecule has 0 saturated heterocycles. The van der Waals surface area contributed by atoms with Crippen LogP contribution in [0.15, 0.2) is 24.4 Å². The van der Waals surface area contributed by atoms with Crippen molar-refractivity contribution in [1.29, 1.82) is 0 Å². The van der Waals surface area contributed by atoms with Gasteiger partial charge in [0.1, 0.15) is 17.7 Å². The van der Waals surface area contributed by atoms with Crippen molar-refractivity contribution >= 4 is 5.91 Å². The van der Waals surface area contributed by atoms with Gasteiger partial charge >= 0.3 is 0 Å². The van der Waals surface area contributed by atoms with Gasteiger partial charge in [0.25, 0.3) is 5.91 Å². The Morgan fingerprint density at radius 3 is 3.04 bits per heavy atom. The van der Waals surface area contributed by atoms with Gasteiger partial charge in [-0.05, 0) is 26.3 Å². The maximum absolute atomic E-state index is 12.8. The SMILES string of the molecule is Cc1cn2c(n1)CC[C@H](NC(=O)c1cccc3c1O[C@@H](C)[C@H]3C)C2. The normalized spacial score (nSPS) is 24.9. The van der Waals surface area contributed by atoms with E-state index in [1.165, 1.54) is 0 Å². The molecule has 1 aromatic heterocycles. The number of nitrogens with zero attached hydrogens (tertiary/aromatic N) is 2. The van der Waals surface area contributed by atoms with Gasteiger partial charge in [-0.15, -0.1) is 0 Å². The van der Waals surface area contributed by atoms with Crippen LogP contribution < -0.4 is 10.1 Å². The molecule has 1 aromatic carbocycles. The minimum atomic E-state index is -0.0431. The first-order chi connectivity index (χ1) is 11.5. The van der Waals surface area contributed by atoms with Crippen LogP contribution in [0.2, 0.25) is 0 Å². The maximum atomic E-state index is 12.8. The highest BCUT2D eigenvalue weighted by atomic mass is 16.5. The van der Waals surface area contributed by atoms with E-state index in [-0.39, 0.29) is 18.1 Å². The molecule has 5 heteroatoms. The van der Waals surface area contributed by atoms with Crippen molar-refractivity contribution in [1.82, 2.24) is 14.9 Å². The number of carbonyl (C=O) groups excluding carboxylic acids is 1. The number of rotatable bonds is 2. The third-order valence-corrected chi connectivity index (χ3v) is 5.24. The predicted molar refractivity (Wildman–Crippen MR) is 91.5 cm³/mol. The second-order valence-electron chi connectivity index (χ2n) is 7.00. The van der Waals surface area contributed by atoms with Crippen LogP contribution in [0.25, 0.3) is 0 Å². The molecule has 3 atom stereocenters. The van der Waals surface area contributed by atoms with Crippen molar-refractivity contribution in [3.8, 4) is 5.75 Å². The summed E-state index contributed by atoms with van der Waals surface area (Å²) < 4.78 is 8.10. The highest BCUT2D eigenvalue weighted by molar-refractivity contribution is 5.97. The van der Waals surface area contributed by atoms with E-state index in [4.69, 9.17) is 4.74 Å². The molecule has 0 spiro atoms. The Bertz CT molecular complexity index is 796. The fraction of sp³-hybridized carbons (Fsp3) is 0.474. The van der Waals surface area contributed by atoms with E-state index in [0.717, 1.165) is 42.2 Å². The third kappa shape index (κ3) is 2.48. The number of ether oxygens (including phenoxy) is 1. The molecular formula is C19H23N3O2. The first kappa shape index (κ1) is 15.2. The van der Waals surface area contributed by atoms with Gasteiger partial charge in [-0.1, -0.05) is 19.1 Å². The number of para-hydroxylation sites is 1. The first-order valence-corrected chi connectivity index (χ1v) is 8.66. The lowest BCUT2D eigenvalue weighted by Crippen LogP contribution is -2.41. The van der Waals surface area contributed by atoms with Crippen LogP contribution in [0.5, 0.6) is 5.75 Å². The zero-order valence-corrected chi connectivity index (χ0v) is 14.4. The van der Waals surface area contributed by atoms with E-state index >= 15 is 0 Å². The zero-order valence-electron chi connectivity index (χ0n) is 14.4. The third-order valence-electron chi connectivity index (χ3n) is 5.24. The van der Waals surface area contributed by atoms with Crippen LogP contribution in [0.1, 0.15) is 53.6 Å². The van der Waals surface area contributed by atoms with Gasteiger partial charge in [0, 0.05) is 36.7 Å². The molecule has 0 radical (unpaired) electrons. The molecule has 0 unspecified atom stereocenters. The van der Waals surface area contributed by atoms with Crippen LogP contribution in [-0.2, 0) is 13.0 Å². The lowest BCUT2D eigenvalue weighted by atomic mass is 9.96. The van der Waals surface area contributed by atoms with Gasteiger partial charge in [0.05, 0.1) is 11.3 Å². The monoisotopic (exact) mass is 325 g/mol. The highest BCUT2D eigenvalue weighted by Gasteiger charge is 2.32. The Hall–Kier alpha value is -2.30. The standard InChI is InChI=1S/C19H23N3O2/c1-11-9-22-10-14(7-8-17(22)20-11)21-19(23)16-6-4-5-15-12(2)13(3)24-18(15)16/h4-6,9,12-14H,7-8,10H2,1-3H3,(H,21,23)/t12-,13+,14+/m1/s1. The van der Waals surface area contributed by atoms with Crippen molar-refractivity contribution in [2.75, 3.05) is 0 Å². The smallest absolute Gasteiger partial charge is 0.255 e. The lowest BCUT2D eigenvalue weighted by molar-refractivity contribution is 0.0922. The van der Waals surface area contributed by atoms with Gasteiger partial charge in [0.15, 0.2) is 0 Å². The number of carbonyl (C=O) groups is 1. The molecule has 5 nitrogen and oxygen atoms in total. The number of aromatic nitrogens is 2. The second-order valence-corrected chi connectivity index (χ2v) is 7.00. The molecule has 4 rings (SSSR count). The first-order valence-electron chi connectivity index (χ1n) is 8.66. The fourth-order valence-electron chi connectivity index (χ4n) is 3.73. The van der Waals surface area contributed by atoms with E-state index in [9.17, 15) is 4.79 Å². The number of aryl methyl sites for hydroxylation is 2. The lowest BCUT2D eigenvalue weighted by Gasteiger charge is -2.25. The Kier molecular flexibility index (Phi) is 3.59. The summed E-state index contributed by atoms with van der Waals surface area (Å²) in [5.74, 6) is 2.15. The number of fused-ring (bicyclic) bond motifs is 2. The Balaban J connectivity index is 1.52. The second kappa shape index (κ2) is 5.65. The summed E-state index contributed by atoms with van der Waals surface area (Å²) in [7, 11) is 0. The van der Waals surface area contributed by atoms with Crippen LogP contribution in [0, 0.1) is 6.92 Å². The molecular weight excluding hydrogens is 302 g/mol. The average Bonchev–Trinajstić information content (AvgIpc) is 3.06. The summed E-state index contributed by atoms with van der Waals surface area (Å²) in [6.45, 7) is 6.98. The van der Waals surface area contributed by atoms with Crippen molar-refractivity contribution in [2.45, 2.75) is 58.2 Å². The number of hydrogen-bond acceptors (Lipinski definition) is 3. The molecule has 2 aromatic rings. The van der Waals surface area contributed by atoms with E-state index in [0.29, 0.717) is 11.5 Å². The summed E-state index contributed by atoms with van der Waals surface area (Å²) in [5.41, 5.74) is 2.82. The largest absolute Gasteiger partial charge is 0.489 e. The molecule has 3 heterocycles. The number of nitrogens with one attached hydrogen (secondary N) is 1. The Morgan fingerprint density at radius 2 is 2.21 bits per heavy atom. The molecule has 1 N–H and O–H groups in total. The van der Waals surface area contributed by atoms with Gasteiger partial charge in [0.2, 0.25) is 0 Å². The summed E-state index contributed by atoms with van der Waals surface area (Å²) in [4.78, 5) is 17.3. The topological polar surface area (TPSA) is 56.2 Å². The van der Waals surface area contributed by atoms with Crippen LogP contribution in [0.4, 0.5) is 0 Å². The molecule has 0 aliphatic carbocycles. The molecule has 2 aliphatic heterocycles. The van der Waals surface area contributed by atoms with Crippen molar-refractivity contribution in [3.05, 3.63) is 47.0 Å². The summed E-state index contributed by atoms with van der Waals surface area (Å²) in [6, 6.07) is 5.99. The van der Waals surface area contributed by atoms with E-state index in [1.807, 2.05) is 19.1 Å². The Morgan fingerprint density at radius 1 is 1.38 bits per heavy atom. The van der Waals surface area contributed by atoms with E-state index in [1.54, 1.807) is 0 Å². The summed E-state index contributed by atoms with van der Waals surface area (Å²) >= 11 is 0. The van der Waals surface area contributed by atoms with Crippen LogP contribution in [-0.4, -0.2) is 27.6 Å². The molecule has 0 fully saturated rings. The maximum Gasteiger partial charge on any atom is 0.255 e. The van der Waals surface area contributed by atoms with Gasteiger partial charge in [-0.3, -0.25) is 4.79 Å². The number of amides is 1. The number of hydrogen-bond donors (Lipinski definition) is 1. The quantitative estimate of drug-likeness (QED) is 0.924. The average molecular weight is 325 g/mol. The molecule has 0 saturated carbocycles. The van der Waals surface area contributed by atoms with Crippen LogP contribution >= 0.6 is 0 Å². The molecule has 24 heavy (non-hydrogen) atoms. The minimum Gasteiger partial charge on any atom is -0.489 e. The summed E-state index contributed by atoms with van der Waals surface area (Å²) in [5, 5.41) is 3.18. The van der Waals surface area contributed by atoms with Crippen molar-refractivity contribution in [3.63, 3.8) is 0 Å². The van der Waals surface area contributed by atoms with Crippen molar-refractivity contribution in [2.24, 2.45) is 0 Å². The molecule has 0 bridgehead atoms. The van der Waals surface area contributed by atoms with Gasteiger partial charge in [-0.25, -0.2) is 4.98 Å². The number of imidazole rings is 1.